The normalized spacial score (nSPS) is 13.4. The first-order chi connectivity index (χ1) is 15.8. The summed E-state index contributed by atoms with van der Waals surface area (Å²) in [5, 5.41) is 9.81. The van der Waals surface area contributed by atoms with Crippen molar-refractivity contribution in [2.24, 2.45) is 13.0 Å². The van der Waals surface area contributed by atoms with Crippen LogP contribution in [-0.4, -0.2) is 49.5 Å². The van der Waals surface area contributed by atoms with Crippen LogP contribution in [0.2, 0.25) is 0 Å². The van der Waals surface area contributed by atoms with Crippen LogP contribution in [0.4, 0.5) is 0 Å². The Labute approximate surface area is 191 Å². The van der Waals surface area contributed by atoms with Gasteiger partial charge < -0.3 is 9.64 Å². The minimum atomic E-state index is -0.475. The first kappa shape index (κ1) is 22.7. The zero-order valence-electron chi connectivity index (χ0n) is 19.5. The van der Waals surface area contributed by atoms with Crippen molar-refractivity contribution in [2.45, 2.75) is 46.7 Å². The van der Waals surface area contributed by atoms with Crippen LogP contribution in [0.15, 0.2) is 29.1 Å². The van der Waals surface area contributed by atoms with Gasteiger partial charge in [-0.3, -0.25) is 14.3 Å². The van der Waals surface area contributed by atoms with Gasteiger partial charge in [0.25, 0.3) is 11.5 Å². The Bertz CT molecular complexity index is 1270. The van der Waals surface area contributed by atoms with Crippen LogP contribution >= 0.6 is 0 Å². The predicted molar refractivity (Wildman–Crippen MR) is 123 cm³/mol. The monoisotopic (exact) mass is 451 g/mol. The molecule has 4 rings (SSSR count). The molecule has 0 bridgehead atoms. The summed E-state index contributed by atoms with van der Waals surface area (Å²) in [6.07, 6.45) is 1.52. The Kier molecular flexibility index (Phi) is 6.31. The molecule has 0 aliphatic carbocycles. The van der Waals surface area contributed by atoms with Gasteiger partial charge in [-0.1, -0.05) is 32.0 Å². The summed E-state index contributed by atoms with van der Waals surface area (Å²) in [7, 11) is 1.54. The second kappa shape index (κ2) is 9.17. The molecule has 0 spiro atoms. The van der Waals surface area contributed by atoms with E-state index in [2.05, 4.69) is 24.0 Å². The lowest BCUT2D eigenvalue weighted by Gasteiger charge is -2.28. The zero-order valence-corrected chi connectivity index (χ0v) is 19.5. The van der Waals surface area contributed by atoms with Gasteiger partial charge in [0, 0.05) is 43.2 Å². The fraction of sp³-hybridized carbons (Fsp3) is 0.458. The number of carbonyl (C=O) groups excluding carboxylic acids is 2. The molecule has 0 saturated heterocycles. The van der Waals surface area contributed by atoms with Crippen molar-refractivity contribution >= 4 is 22.6 Å². The molecular weight excluding hydrogens is 422 g/mol. The van der Waals surface area contributed by atoms with E-state index in [-0.39, 0.29) is 36.0 Å². The molecule has 9 nitrogen and oxygen atoms in total. The van der Waals surface area contributed by atoms with Gasteiger partial charge in [0.2, 0.25) is 0 Å². The molecule has 3 aromatic rings. The number of hydrogen-bond acceptors (Lipinski definition) is 6. The molecule has 1 aromatic carbocycles. The van der Waals surface area contributed by atoms with E-state index in [1.165, 1.54) is 11.7 Å². The summed E-state index contributed by atoms with van der Waals surface area (Å²) in [5.74, 6) is -0.254. The molecule has 0 atom stereocenters. The number of ether oxygens (including phenoxy) is 1. The first-order valence-electron chi connectivity index (χ1n) is 11.3. The Morgan fingerprint density at radius 3 is 2.55 bits per heavy atom. The highest BCUT2D eigenvalue weighted by atomic mass is 16.5. The molecular formula is C24H29N5O4. The van der Waals surface area contributed by atoms with Gasteiger partial charge in [0.15, 0.2) is 11.4 Å². The van der Waals surface area contributed by atoms with Crippen LogP contribution in [0, 0.1) is 5.92 Å². The second-order valence-corrected chi connectivity index (χ2v) is 8.70. The summed E-state index contributed by atoms with van der Waals surface area (Å²) >= 11 is 0. The van der Waals surface area contributed by atoms with Gasteiger partial charge in [-0.05, 0) is 25.3 Å². The number of rotatable bonds is 6. The lowest BCUT2D eigenvalue weighted by Crippen LogP contribution is -2.38. The van der Waals surface area contributed by atoms with Crippen LogP contribution in [-0.2, 0) is 31.3 Å². The van der Waals surface area contributed by atoms with E-state index in [0.717, 1.165) is 17.7 Å². The molecule has 1 aliphatic heterocycles. The van der Waals surface area contributed by atoms with Gasteiger partial charge in [0.1, 0.15) is 0 Å². The number of benzene rings is 1. The summed E-state index contributed by atoms with van der Waals surface area (Å²) in [6.45, 7) is 7.72. The van der Waals surface area contributed by atoms with Crippen molar-refractivity contribution in [1.82, 2.24) is 24.5 Å². The predicted octanol–water partition coefficient (Wildman–Crippen LogP) is 2.55. The van der Waals surface area contributed by atoms with Gasteiger partial charge >= 0.3 is 5.97 Å². The molecule has 0 radical (unpaired) electrons. The summed E-state index contributed by atoms with van der Waals surface area (Å²) < 4.78 is 8.32. The first-order valence-corrected chi connectivity index (χ1v) is 11.3. The molecule has 2 aromatic heterocycles. The van der Waals surface area contributed by atoms with Crippen LogP contribution < -0.4 is 5.56 Å². The van der Waals surface area contributed by atoms with Gasteiger partial charge in [-0.15, -0.1) is 0 Å². The van der Waals surface area contributed by atoms with Crippen molar-refractivity contribution in [3.63, 3.8) is 0 Å². The molecule has 0 saturated carbocycles. The fourth-order valence-corrected chi connectivity index (χ4v) is 4.20. The SMILES string of the molecule is CCOC(=O)c1nn(CCC(C)C)c2c1CN(C(=O)c1nn(C)c(=O)c3ccccc13)CC2. The van der Waals surface area contributed by atoms with Crippen molar-refractivity contribution in [2.75, 3.05) is 13.2 Å². The third-order valence-corrected chi connectivity index (χ3v) is 5.97. The van der Waals surface area contributed by atoms with Crippen LogP contribution in [0.5, 0.6) is 0 Å². The number of esters is 1. The minimum Gasteiger partial charge on any atom is -0.461 e. The summed E-state index contributed by atoms with van der Waals surface area (Å²) in [6, 6.07) is 6.98. The molecule has 1 aliphatic rings. The molecule has 174 valence electrons. The number of hydrogen-bond donors (Lipinski definition) is 0. The standard InChI is InChI=1S/C24H29N5O4/c1-5-33-24(32)21-18-14-28(12-11-19(18)29(26-21)13-10-15(2)3)23(31)20-16-8-6-7-9-17(16)22(30)27(4)25-20/h6-9,15H,5,10-14H2,1-4H3. The molecule has 1 amide bonds. The third-order valence-electron chi connectivity index (χ3n) is 5.97. The number of aromatic nitrogens is 4. The van der Waals surface area contributed by atoms with E-state index in [4.69, 9.17) is 4.74 Å². The van der Waals surface area contributed by atoms with E-state index < -0.39 is 5.97 Å². The van der Waals surface area contributed by atoms with Crippen molar-refractivity contribution in [1.29, 1.82) is 0 Å². The average Bonchev–Trinajstić information content (AvgIpc) is 3.18. The summed E-state index contributed by atoms with van der Waals surface area (Å²) in [4.78, 5) is 40.3. The van der Waals surface area contributed by atoms with Crippen LogP contribution in [0.1, 0.15) is 59.4 Å². The van der Waals surface area contributed by atoms with Crippen LogP contribution in [0.3, 0.4) is 0 Å². The number of nitrogens with zero attached hydrogens (tertiary/aromatic N) is 5. The lowest BCUT2D eigenvalue weighted by atomic mass is 10.0. The Balaban J connectivity index is 1.71. The maximum atomic E-state index is 13.5. The highest BCUT2D eigenvalue weighted by molar-refractivity contribution is 6.05. The largest absolute Gasteiger partial charge is 0.461 e. The minimum absolute atomic E-state index is 0.223. The van der Waals surface area contributed by atoms with E-state index in [0.29, 0.717) is 36.2 Å². The lowest BCUT2D eigenvalue weighted by molar-refractivity contribution is 0.0513. The van der Waals surface area contributed by atoms with Crippen LogP contribution in [0.25, 0.3) is 10.8 Å². The number of aryl methyl sites for hydroxylation is 2. The number of amides is 1. The molecule has 9 heteroatoms. The molecule has 0 fully saturated rings. The smallest absolute Gasteiger partial charge is 0.359 e. The zero-order chi connectivity index (χ0) is 23.7. The summed E-state index contributed by atoms with van der Waals surface area (Å²) in [5.41, 5.74) is 1.94. The van der Waals surface area contributed by atoms with E-state index in [1.807, 2.05) is 4.68 Å². The average molecular weight is 452 g/mol. The quantitative estimate of drug-likeness (QED) is 0.534. The van der Waals surface area contributed by atoms with E-state index in [9.17, 15) is 14.4 Å². The second-order valence-electron chi connectivity index (χ2n) is 8.70. The highest BCUT2D eigenvalue weighted by Crippen LogP contribution is 2.26. The molecule has 0 unspecified atom stereocenters. The Morgan fingerprint density at radius 1 is 1.12 bits per heavy atom. The van der Waals surface area contributed by atoms with Gasteiger partial charge in [-0.2, -0.15) is 10.2 Å². The third kappa shape index (κ3) is 4.27. The van der Waals surface area contributed by atoms with Crippen molar-refractivity contribution in [3.8, 4) is 0 Å². The van der Waals surface area contributed by atoms with E-state index >= 15 is 0 Å². The molecule has 3 heterocycles. The van der Waals surface area contributed by atoms with E-state index in [1.54, 1.807) is 36.1 Å². The maximum Gasteiger partial charge on any atom is 0.359 e. The maximum absolute atomic E-state index is 13.5. The van der Waals surface area contributed by atoms with Gasteiger partial charge in [0.05, 0.1) is 18.5 Å². The Morgan fingerprint density at radius 2 is 1.85 bits per heavy atom. The number of fused-ring (bicyclic) bond motifs is 2. The Hall–Kier alpha value is -3.49. The topological polar surface area (TPSA) is 99.3 Å². The molecule has 0 N–H and O–H groups in total. The highest BCUT2D eigenvalue weighted by Gasteiger charge is 2.32. The van der Waals surface area contributed by atoms with Crippen molar-refractivity contribution < 1.29 is 14.3 Å². The fourth-order valence-electron chi connectivity index (χ4n) is 4.20. The van der Waals surface area contributed by atoms with Crippen molar-refractivity contribution in [3.05, 3.63) is 57.3 Å². The number of carbonyl (C=O) groups is 2. The molecule has 33 heavy (non-hydrogen) atoms. The van der Waals surface area contributed by atoms with Gasteiger partial charge in [-0.25, -0.2) is 9.48 Å².